The Balaban J connectivity index is 0.00000338. The summed E-state index contributed by atoms with van der Waals surface area (Å²) < 4.78 is 22.5. The molecule has 1 fully saturated rings. The molecule has 1 heterocycles. The van der Waals surface area contributed by atoms with Gasteiger partial charge < -0.3 is 10.6 Å². The summed E-state index contributed by atoms with van der Waals surface area (Å²) in [6.45, 7) is 4.24. The first-order valence-corrected chi connectivity index (χ1v) is 12.1. The van der Waals surface area contributed by atoms with Gasteiger partial charge in [0, 0.05) is 29.6 Å². The number of guanidine groups is 1. The van der Waals surface area contributed by atoms with Gasteiger partial charge in [-0.05, 0) is 37.6 Å². The van der Waals surface area contributed by atoms with Crippen LogP contribution in [0.1, 0.15) is 50.3 Å². The van der Waals surface area contributed by atoms with E-state index in [0.29, 0.717) is 13.0 Å². The SMILES string of the molecule is CCNC(=NCC1(c2cccs2)CCCCC1)NCCCS(C)(=O)=O.I. The third-order valence-electron chi connectivity index (χ3n) is 4.72. The number of halogens is 1. The molecule has 1 saturated carbocycles. The minimum absolute atomic E-state index is 0. The van der Waals surface area contributed by atoms with Gasteiger partial charge in [-0.1, -0.05) is 25.3 Å². The fourth-order valence-electron chi connectivity index (χ4n) is 3.40. The van der Waals surface area contributed by atoms with Crippen molar-refractivity contribution in [1.82, 2.24) is 10.6 Å². The van der Waals surface area contributed by atoms with Gasteiger partial charge in [-0.2, -0.15) is 0 Å². The fraction of sp³-hybridized carbons (Fsp3) is 0.722. The van der Waals surface area contributed by atoms with Gasteiger partial charge in [0.05, 0.1) is 12.3 Å². The summed E-state index contributed by atoms with van der Waals surface area (Å²) in [4.78, 5) is 6.30. The Morgan fingerprint density at radius 3 is 2.58 bits per heavy atom. The molecule has 150 valence electrons. The summed E-state index contributed by atoms with van der Waals surface area (Å²) in [5.41, 5.74) is 0.168. The lowest BCUT2D eigenvalue weighted by Gasteiger charge is -2.35. The van der Waals surface area contributed by atoms with E-state index in [1.54, 1.807) is 0 Å². The lowest BCUT2D eigenvalue weighted by Crippen LogP contribution is -2.40. The zero-order chi connectivity index (χ0) is 18.2. The van der Waals surface area contributed by atoms with Crippen molar-refractivity contribution < 1.29 is 8.42 Å². The molecule has 0 aliphatic heterocycles. The molecular formula is C18H32IN3O2S2. The summed E-state index contributed by atoms with van der Waals surface area (Å²) in [6, 6.07) is 4.38. The molecule has 2 rings (SSSR count). The Kier molecular flexibility index (Phi) is 10.5. The van der Waals surface area contributed by atoms with E-state index in [0.717, 1.165) is 19.0 Å². The van der Waals surface area contributed by atoms with E-state index in [2.05, 4.69) is 28.1 Å². The summed E-state index contributed by atoms with van der Waals surface area (Å²) >= 11 is 1.84. The molecule has 1 aromatic rings. The van der Waals surface area contributed by atoms with Crippen molar-refractivity contribution in [3.05, 3.63) is 22.4 Å². The van der Waals surface area contributed by atoms with Crippen LogP contribution < -0.4 is 10.6 Å². The molecule has 0 radical (unpaired) electrons. The Morgan fingerprint density at radius 2 is 2.00 bits per heavy atom. The molecule has 1 aliphatic rings. The number of nitrogens with zero attached hydrogens (tertiary/aromatic N) is 1. The van der Waals surface area contributed by atoms with Crippen molar-refractivity contribution >= 4 is 51.1 Å². The van der Waals surface area contributed by atoms with Crippen molar-refractivity contribution in [2.75, 3.05) is 31.6 Å². The summed E-state index contributed by atoms with van der Waals surface area (Å²) in [5.74, 6) is 0.996. The van der Waals surface area contributed by atoms with Gasteiger partial charge in [0.2, 0.25) is 0 Å². The molecule has 0 saturated heterocycles. The van der Waals surface area contributed by atoms with Crippen LogP contribution >= 0.6 is 35.3 Å². The van der Waals surface area contributed by atoms with E-state index < -0.39 is 9.84 Å². The van der Waals surface area contributed by atoms with E-state index in [-0.39, 0.29) is 35.1 Å². The van der Waals surface area contributed by atoms with Crippen molar-refractivity contribution in [1.29, 1.82) is 0 Å². The van der Waals surface area contributed by atoms with Gasteiger partial charge in [0.15, 0.2) is 5.96 Å². The summed E-state index contributed by atoms with van der Waals surface area (Å²) in [6.07, 6.45) is 8.13. The predicted octanol–water partition coefficient (Wildman–Crippen LogP) is 3.56. The summed E-state index contributed by atoms with van der Waals surface area (Å²) in [5, 5.41) is 8.71. The van der Waals surface area contributed by atoms with E-state index in [9.17, 15) is 8.42 Å². The van der Waals surface area contributed by atoms with Crippen molar-refractivity contribution in [3.63, 3.8) is 0 Å². The minimum atomic E-state index is -2.90. The maximum atomic E-state index is 11.2. The molecule has 0 unspecified atom stereocenters. The second-order valence-corrected chi connectivity index (χ2v) is 10.1. The largest absolute Gasteiger partial charge is 0.357 e. The van der Waals surface area contributed by atoms with Crippen LogP contribution in [0.15, 0.2) is 22.5 Å². The van der Waals surface area contributed by atoms with Crippen LogP contribution in [0, 0.1) is 0 Å². The monoisotopic (exact) mass is 513 g/mol. The third kappa shape index (κ3) is 7.72. The molecule has 1 aliphatic carbocycles. The number of hydrogen-bond acceptors (Lipinski definition) is 4. The molecule has 0 bridgehead atoms. The molecule has 0 atom stereocenters. The van der Waals surface area contributed by atoms with Crippen LogP contribution in [0.25, 0.3) is 0 Å². The topological polar surface area (TPSA) is 70.6 Å². The number of sulfone groups is 1. The van der Waals surface area contributed by atoms with Crippen LogP contribution in [-0.4, -0.2) is 46.0 Å². The van der Waals surface area contributed by atoms with Crippen molar-refractivity contribution in [3.8, 4) is 0 Å². The molecule has 2 N–H and O–H groups in total. The Hall–Kier alpha value is -0.350. The third-order valence-corrected chi connectivity index (χ3v) is 6.87. The zero-order valence-corrected chi connectivity index (χ0v) is 19.8. The van der Waals surface area contributed by atoms with Gasteiger partial charge in [-0.15, -0.1) is 35.3 Å². The second-order valence-electron chi connectivity index (χ2n) is 6.92. The van der Waals surface area contributed by atoms with Gasteiger partial charge in [0.1, 0.15) is 9.84 Å². The quantitative estimate of drug-likeness (QED) is 0.242. The van der Waals surface area contributed by atoms with Crippen LogP contribution in [0.4, 0.5) is 0 Å². The highest BCUT2D eigenvalue weighted by atomic mass is 127. The number of thiophene rings is 1. The highest BCUT2D eigenvalue weighted by Gasteiger charge is 2.34. The van der Waals surface area contributed by atoms with Crippen LogP contribution in [0.3, 0.4) is 0 Å². The van der Waals surface area contributed by atoms with E-state index in [1.807, 2.05) is 18.3 Å². The molecule has 8 heteroatoms. The molecule has 0 aromatic carbocycles. The molecule has 0 spiro atoms. The van der Waals surface area contributed by atoms with Gasteiger partial charge >= 0.3 is 0 Å². The average Bonchev–Trinajstić information content (AvgIpc) is 3.11. The molecule has 0 amide bonds. The van der Waals surface area contributed by atoms with Crippen molar-refractivity contribution in [2.24, 2.45) is 4.99 Å². The van der Waals surface area contributed by atoms with E-state index >= 15 is 0 Å². The van der Waals surface area contributed by atoms with Gasteiger partial charge in [-0.25, -0.2) is 8.42 Å². The molecule has 26 heavy (non-hydrogen) atoms. The standard InChI is InChI=1S/C18H31N3O2S2.HI/c1-3-19-17(20-12-8-14-25(2,22)23)21-15-18(10-5-4-6-11-18)16-9-7-13-24-16;/h7,9,13H,3-6,8,10-12,14-15H2,1-2H3,(H2,19,20,21);1H. The van der Waals surface area contributed by atoms with Gasteiger partial charge in [0.25, 0.3) is 0 Å². The minimum Gasteiger partial charge on any atom is -0.357 e. The number of nitrogens with one attached hydrogen (secondary N) is 2. The molecule has 5 nitrogen and oxygen atoms in total. The summed E-state index contributed by atoms with van der Waals surface area (Å²) in [7, 11) is -2.90. The Bertz CT molecular complexity index is 639. The smallest absolute Gasteiger partial charge is 0.191 e. The van der Waals surface area contributed by atoms with Gasteiger partial charge in [-0.3, -0.25) is 4.99 Å². The average molecular weight is 514 g/mol. The maximum absolute atomic E-state index is 11.2. The van der Waals surface area contributed by atoms with Crippen LogP contribution in [0.2, 0.25) is 0 Å². The second kappa shape index (κ2) is 11.5. The number of rotatable bonds is 8. The zero-order valence-electron chi connectivity index (χ0n) is 15.8. The van der Waals surface area contributed by atoms with E-state index in [1.165, 1.54) is 43.2 Å². The first-order chi connectivity index (χ1) is 12.0. The van der Waals surface area contributed by atoms with Crippen molar-refractivity contribution in [2.45, 2.75) is 50.9 Å². The molecular weight excluding hydrogens is 481 g/mol. The van der Waals surface area contributed by atoms with Crippen LogP contribution in [0.5, 0.6) is 0 Å². The highest BCUT2D eigenvalue weighted by Crippen LogP contribution is 2.41. The number of hydrogen-bond donors (Lipinski definition) is 2. The van der Waals surface area contributed by atoms with E-state index in [4.69, 9.17) is 4.99 Å². The first-order valence-electron chi connectivity index (χ1n) is 9.19. The predicted molar refractivity (Wildman–Crippen MR) is 123 cm³/mol. The van der Waals surface area contributed by atoms with Crippen LogP contribution in [-0.2, 0) is 15.3 Å². The fourth-order valence-corrected chi connectivity index (χ4v) is 5.05. The first kappa shape index (κ1) is 23.7. The maximum Gasteiger partial charge on any atom is 0.191 e. The Labute approximate surface area is 179 Å². The highest BCUT2D eigenvalue weighted by molar-refractivity contribution is 14.0. The normalized spacial score (nSPS) is 17.4. The lowest BCUT2D eigenvalue weighted by atomic mass is 9.73. The lowest BCUT2D eigenvalue weighted by molar-refractivity contribution is 0.306. The Morgan fingerprint density at radius 1 is 1.27 bits per heavy atom. The number of aliphatic imine (C=N–C) groups is 1. The molecule has 1 aromatic heterocycles.